The van der Waals surface area contributed by atoms with Gasteiger partial charge in [0.25, 0.3) is 0 Å². The van der Waals surface area contributed by atoms with Crippen LogP contribution in [-0.2, 0) is 0 Å². The molecule has 0 aliphatic rings. The van der Waals surface area contributed by atoms with Crippen molar-refractivity contribution >= 4 is 62.3 Å². The third kappa shape index (κ3) is 2.81. The predicted octanol–water partition coefficient (Wildman–Crippen LogP) is 4.82. The van der Waals surface area contributed by atoms with Gasteiger partial charge in [-0.25, -0.2) is 4.98 Å². The molecule has 100 valence electrons. The molecule has 1 heterocycles. The highest BCUT2D eigenvalue weighted by Gasteiger charge is 2.03. The van der Waals surface area contributed by atoms with E-state index in [2.05, 4.69) is 32.9 Å². The van der Waals surface area contributed by atoms with E-state index < -0.39 is 0 Å². The van der Waals surface area contributed by atoms with Gasteiger partial charge in [-0.05, 0) is 71.1 Å². The standard InChI is InChI=1S/C15H11ClIN3/c16-10-2-4-14(12(17)8-10)20-15-6-1-9-7-11(18)3-5-13(9)19-15/h1-8H,18H2,(H,19,20). The van der Waals surface area contributed by atoms with E-state index in [0.29, 0.717) is 0 Å². The molecule has 0 aliphatic heterocycles. The normalized spacial score (nSPS) is 10.7. The molecule has 1 aromatic heterocycles. The predicted molar refractivity (Wildman–Crippen MR) is 93.6 cm³/mol. The Morgan fingerprint density at radius 2 is 1.90 bits per heavy atom. The van der Waals surface area contributed by atoms with E-state index in [0.717, 1.165) is 36.7 Å². The van der Waals surface area contributed by atoms with Crippen LogP contribution >= 0.6 is 34.2 Å². The van der Waals surface area contributed by atoms with Crippen molar-refractivity contribution in [2.45, 2.75) is 0 Å². The molecule has 0 atom stereocenters. The highest BCUT2D eigenvalue weighted by atomic mass is 127. The maximum atomic E-state index is 5.95. The van der Waals surface area contributed by atoms with Crippen molar-refractivity contribution < 1.29 is 0 Å². The summed E-state index contributed by atoms with van der Waals surface area (Å²) in [6.45, 7) is 0. The monoisotopic (exact) mass is 395 g/mol. The van der Waals surface area contributed by atoms with E-state index in [1.54, 1.807) is 0 Å². The first-order valence-corrected chi connectivity index (χ1v) is 7.46. The molecule has 0 bridgehead atoms. The summed E-state index contributed by atoms with van der Waals surface area (Å²) < 4.78 is 1.05. The molecular weight excluding hydrogens is 385 g/mol. The Labute approximate surface area is 135 Å². The highest BCUT2D eigenvalue weighted by molar-refractivity contribution is 14.1. The fourth-order valence-electron chi connectivity index (χ4n) is 1.94. The fraction of sp³-hybridized carbons (Fsp3) is 0. The molecule has 0 amide bonds. The molecule has 20 heavy (non-hydrogen) atoms. The number of nitrogens with one attached hydrogen (secondary N) is 1. The Balaban J connectivity index is 1.96. The van der Waals surface area contributed by atoms with E-state index >= 15 is 0 Å². The van der Waals surface area contributed by atoms with Crippen molar-refractivity contribution in [2.75, 3.05) is 11.1 Å². The van der Waals surface area contributed by atoms with Gasteiger partial charge in [-0.1, -0.05) is 11.6 Å². The summed E-state index contributed by atoms with van der Waals surface area (Å²) >= 11 is 8.20. The molecule has 2 aromatic carbocycles. The van der Waals surface area contributed by atoms with Gasteiger partial charge in [0.05, 0.1) is 11.2 Å². The van der Waals surface area contributed by atoms with Crippen LogP contribution in [0.4, 0.5) is 17.2 Å². The molecular formula is C15H11ClIN3. The number of fused-ring (bicyclic) bond motifs is 1. The van der Waals surface area contributed by atoms with E-state index in [-0.39, 0.29) is 0 Å². The Morgan fingerprint density at radius 1 is 1.05 bits per heavy atom. The number of nitrogens with two attached hydrogens (primary N) is 1. The molecule has 5 heteroatoms. The SMILES string of the molecule is Nc1ccc2nc(Nc3ccc(Cl)cc3I)ccc2c1. The van der Waals surface area contributed by atoms with Crippen LogP contribution in [0.1, 0.15) is 0 Å². The summed E-state index contributed by atoms with van der Waals surface area (Å²) in [5.41, 5.74) is 8.40. The third-order valence-corrected chi connectivity index (χ3v) is 4.03. The molecule has 0 spiro atoms. The van der Waals surface area contributed by atoms with E-state index in [4.69, 9.17) is 17.3 Å². The van der Waals surface area contributed by atoms with Crippen molar-refractivity contribution in [3.05, 3.63) is 57.1 Å². The van der Waals surface area contributed by atoms with Crippen LogP contribution < -0.4 is 11.1 Å². The van der Waals surface area contributed by atoms with Gasteiger partial charge in [-0.3, -0.25) is 0 Å². The van der Waals surface area contributed by atoms with Crippen LogP contribution in [0.5, 0.6) is 0 Å². The van der Waals surface area contributed by atoms with Crippen LogP contribution in [0.2, 0.25) is 5.02 Å². The van der Waals surface area contributed by atoms with Crippen LogP contribution in [0.25, 0.3) is 10.9 Å². The molecule has 3 aromatic rings. The van der Waals surface area contributed by atoms with Gasteiger partial charge in [0, 0.05) is 19.7 Å². The summed E-state index contributed by atoms with van der Waals surface area (Å²) in [5.74, 6) is 0.794. The maximum Gasteiger partial charge on any atom is 0.131 e. The van der Waals surface area contributed by atoms with Crippen LogP contribution in [0.3, 0.4) is 0 Å². The average molecular weight is 396 g/mol. The number of aromatic nitrogens is 1. The first-order chi connectivity index (χ1) is 9.61. The van der Waals surface area contributed by atoms with Gasteiger partial charge < -0.3 is 11.1 Å². The van der Waals surface area contributed by atoms with Gasteiger partial charge in [0.15, 0.2) is 0 Å². The third-order valence-electron chi connectivity index (χ3n) is 2.91. The van der Waals surface area contributed by atoms with Crippen molar-refractivity contribution in [3.8, 4) is 0 Å². The van der Waals surface area contributed by atoms with Gasteiger partial charge in [-0.15, -0.1) is 0 Å². The van der Waals surface area contributed by atoms with Gasteiger partial charge in [0.1, 0.15) is 5.82 Å². The lowest BCUT2D eigenvalue weighted by atomic mass is 10.2. The summed E-state index contributed by atoms with van der Waals surface area (Å²) in [4.78, 5) is 4.57. The number of halogens is 2. The van der Waals surface area contributed by atoms with Crippen molar-refractivity contribution in [1.29, 1.82) is 0 Å². The minimum Gasteiger partial charge on any atom is -0.399 e. The number of nitrogens with zero attached hydrogens (tertiary/aromatic N) is 1. The Hall–Kier alpha value is -1.53. The number of hydrogen-bond acceptors (Lipinski definition) is 3. The van der Waals surface area contributed by atoms with E-state index in [1.165, 1.54) is 0 Å². The second kappa shape index (κ2) is 5.46. The molecule has 0 unspecified atom stereocenters. The van der Waals surface area contributed by atoms with Crippen molar-refractivity contribution in [2.24, 2.45) is 0 Å². The minimum atomic E-state index is 0.724. The average Bonchev–Trinajstić information content (AvgIpc) is 2.42. The number of rotatable bonds is 2. The van der Waals surface area contributed by atoms with Gasteiger partial charge >= 0.3 is 0 Å². The highest BCUT2D eigenvalue weighted by Crippen LogP contribution is 2.26. The Morgan fingerprint density at radius 3 is 2.70 bits per heavy atom. The lowest BCUT2D eigenvalue weighted by Crippen LogP contribution is -1.96. The Kier molecular flexibility index (Phi) is 3.67. The quantitative estimate of drug-likeness (QED) is 0.483. The minimum absolute atomic E-state index is 0.724. The molecule has 0 saturated carbocycles. The topological polar surface area (TPSA) is 50.9 Å². The fourth-order valence-corrected chi connectivity index (χ4v) is 2.95. The summed E-state index contributed by atoms with van der Waals surface area (Å²) in [6.07, 6.45) is 0. The van der Waals surface area contributed by atoms with Gasteiger partial charge in [-0.2, -0.15) is 0 Å². The van der Waals surface area contributed by atoms with Crippen molar-refractivity contribution in [3.63, 3.8) is 0 Å². The molecule has 3 rings (SSSR count). The smallest absolute Gasteiger partial charge is 0.131 e. The first kappa shape index (κ1) is 13.5. The molecule has 3 N–H and O–H groups in total. The lowest BCUT2D eigenvalue weighted by Gasteiger charge is -2.09. The summed E-state index contributed by atoms with van der Waals surface area (Å²) in [5, 5.41) is 5.05. The largest absolute Gasteiger partial charge is 0.399 e. The number of pyridine rings is 1. The van der Waals surface area contributed by atoms with Crippen LogP contribution in [0, 0.1) is 3.57 Å². The first-order valence-electron chi connectivity index (χ1n) is 6.00. The summed E-state index contributed by atoms with van der Waals surface area (Å²) in [7, 11) is 0. The molecule has 3 nitrogen and oxygen atoms in total. The van der Waals surface area contributed by atoms with E-state index in [1.807, 2.05) is 48.5 Å². The Bertz CT molecular complexity index is 789. The molecule has 0 saturated heterocycles. The zero-order valence-corrected chi connectivity index (χ0v) is 13.3. The number of hydrogen-bond donors (Lipinski definition) is 2. The summed E-state index contributed by atoms with van der Waals surface area (Å²) in [6, 6.07) is 15.3. The number of nitrogen functional groups attached to an aromatic ring is 1. The molecule has 0 radical (unpaired) electrons. The zero-order chi connectivity index (χ0) is 14.1. The van der Waals surface area contributed by atoms with Crippen LogP contribution in [-0.4, -0.2) is 4.98 Å². The zero-order valence-electron chi connectivity index (χ0n) is 10.4. The molecule has 0 fully saturated rings. The van der Waals surface area contributed by atoms with Crippen molar-refractivity contribution in [1.82, 2.24) is 4.98 Å². The van der Waals surface area contributed by atoms with E-state index in [9.17, 15) is 0 Å². The number of benzene rings is 2. The number of anilines is 3. The second-order valence-corrected chi connectivity index (χ2v) is 6.00. The maximum absolute atomic E-state index is 5.95. The van der Waals surface area contributed by atoms with Gasteiger partial charge in [0.2, 0.25) is 0 Å². The molecule has 0 aliphatic carbocycles. The second-order valence-electron chi connectivity index (χ2n) is 4.40. The van der Waals surface area contributed by atoms with Crippen LogP contribution in [0.15, 0.2) is 48.5 Å². The lowest BCUT2D eigenvalue weighted by molar-refractivity contribution is 1.37.